The smallest absolute Gasteiger partial charge is 0.255 e. The van der Waals surface area contributed by atoms with Crippen LogP contribution in [0.4, 0.5) is 20.4 Å². The number of nitrogens with two attached hydrogens (primary N) is 1. The van der Waals surface area contributed by atoms with Gasteiger partial charge in [-0.05, 0) is 73.5 Å². The van der Waals surface area contributed by atoms with E-state index >= 15 is 0 Å². The van der Waals surface area contributed by atoms with Gasteiger partial charge < -0.3 is 16.4 Å². The zero-order valence-electron chi connectivity index (χ0n) is 20.9. The molecule has 0 spiro atoms. The number of nitrogens with one attached hydrogen (secondary N) is 3. The molecule has 3 aromatic heterocycles. The number of thiophene rings is 1. The summed E-state index contributed by atoms with van der Waals surface area (Å²) < 4.78 is 28.1. The van der Waals surface area contributed by atoms with Crippen LogP contribution in [-0.4, -0.2) is 27.6 Å². The Morgan fingerprint density at radius 2 is 2.11 bits per heavy atom. The number of aromatic nitrogens is 3. The van der Waals surface area contributed by atoms with E-state index in [-0.39, 0.29) is 12.3 Å². The van der Waals surface area contributed by atoms with Gasteiger partial charge in [-0.1, -0.05) is 6.08 Å². The SMILES string of the molecule is CC(NC(=O)c1cccnc1NCc1ccc(-c2ccc3nc[nH+]c(N)c3c2)s1)C1=CCC(C)(F)C(F)=C1. The van der Waals surface area contributed by atoms with E-state index in [0.717, 1.165) is 32.3 Å². The fourth-order valence-corrected chi connectivity index (χ4v) is 5.16. The maximum Gasteiger partial charge on any atom is 0.255 e. The molecule has 0 aliphatic heterocycles. The summed E-state index contributed by atoms with van der Waals surface area (Å²) in [6.45, 7) is 3.41. The molecule has 194 valence electrons. The Hall–Kier alpha value is -4.18. The average molecular weight is 534 g/mol. The van der Waals surface area contributed by atoms with Crippen molar-refractivity contribution in [3.8, 4) is 10.4 Å². The van der Waals surface area contributed by atoms with Crippen LogP contribution in [0, 0.1) is 0 Å². The molecule has 0 saturated carbocycles. The Bertz CT molecular complexity index is 1580. The number of allylic oxidation sites excluding steroid dienone is 2. The summed E-state index contributed by atoms with van der Waals surface area (Å²) in [5.41, 5.74) is 6.80. The van der Waals surface area contributed by atoms with Crippen LogP contribution in [0.1, 0.15) is 35.5 Å². The Morgan fingerprint density at radius 1 is 1.26 bits per heavy atom. The first kappa shape index (κ1) is 25.5. The number of rotatable bonds is 7. The van der Waals surface area contributed by atoms with Gasteiger partial charge in [-0.3, -0.25) is 4.79 Å². The van der Waals surface area contributed by atoms with Crippen LogP contribution in [0.25, 0.3) is 21.3 Å². The lowest BCUT2D eigenvalue weighted by atomic mass is 9.91. The summed E-state index contributed by atoms with van der Waals surface area (Å²) in [5.74, 6) is -0.199. The van der Waals surface area contributed by atoms with E-state index in [9.17, 15) is 13.6 Å². The molecule has 1 aliphatic carbocycles. The van der Waals surface area contributed by atoms with E-state index in [1.54, 1.807) is 49.0 Å². The Kier molecular flexibility index (Phi) is 6.90. The quantitative estimate of drug-likeness (QED) is 0.295. The Morgan fingerprint density at radius 3 is 2.92 bits per heavy atom. The minimum Gasteiger partial charge on any atom is -0.365 e. The molecule has 1 amide bonds. The van der Waals surface area contributed by atoms with Crippen molar-refractivity contribution < 1.29 is 18.6 Å². The monoisotopic (exact) mass is 533 g/mol. The number of hydrogen-bond acceptors (Lipinski definition) is 6. The first-order valence-electron chi connectivity index (χ1n) is 12.1. The fourth-order valence-electron chi connectivity index (χ4n) is 4.22. The maximum atomic E-state index is 14.1. The normalized spacial score (nSPS) is 18.0. The first-order chi connectivity index (χ1) is 18.2. The number of carbonyl (C=O) groups excluding carboxylic acids is 1. The van der Waals surface area contributed by atoms with Gasteiger partial charge in [-0.2, -0.15) is 0 Å². The first-order valence-corrected chi connectivity index (χ1v) is 12.9. The highest BCUT2D eigenvalue weighted by molar-refractivity contribution is 7.15. The van der Waals surface area contributed by atoms with Gasteiger partial charge >= 0.3 is 0 Å². The minimum absolute atomic E-state index is 0.0741. The van der Waals surface area contributed by atoms with Gasteiger partial charge in [0.15, 0.2) is 11.2 Å². The number of amides is 1. The van der Waals surface area contributed by atoms with Crippen molar-refractivity contribution in [1.82, 2.24) is 15.3 Å². The minimum atomic E-state index is -2.01. The molecule has 1 aliphatic rings. The highest BCUT2D eigenvalue weighted by atomic mass is 32.1. The number of fused-ring (bicyclic) bond motifs is 1. The largest absolute Gasteiger partial charge is 0.365 e. The number of benzene rings is 1. The molecule has 10 heteroatoms. The second-order valence-corrected chi connectivity index (χ2v) is 10.5. The number of anilines is 2. The highest BCUT2D eigenvalue weighted by Gasteiger charge is 2.32. The number of H-pyrrole nitrogens is 1. The van der Waals surface area contributed by atoms with E-state index in [1.165, 1.54) is 6.92 Å². The van der Waals surface area contributed by atoms with Gasteiger partial charge in [0.1, 0.15) is 11.6 Å². The molecule has 7 nitrogen and oxygen atoms in total. The molecule has 38 heavy (non-hydrogen) atoms. The van der Waals surface area contributed by atoms with E-state index < -0.39 is 17.5 Å². The summed E-state index contributed by atoms with van der Waals surface area (Å²) in [7, 11) is 0. The second-order valence-electron chi connectivity index (χ2n) is 9.36. The number of carbonyl (C=O) groups is 1. The lowest BCUT2D eigenvalue weighted by Gasteiger charge is -2.24. The lowest BCUT2D eigenvalue weighted by Crippen LogP contribution is -2.35. The van der Waals surface area contributed by atoms with Crippen molar-refractivity contribution in [3.63, 3.8) is 0 Å². The van der Waals surface area contributed by atoms with Crippen LogP contribution in [0.2, 0.25) is 0 Å². The van der Waals surface area contributed by atoms with Crippen LogP contribution in [0.15, 0.2) is 78.5 Å². The number of nitrogen functional groups attached to an aromatic ring is 1. The molecule has 3 heterocycles. The van der Waals surface area contributed by atoms with E-state index in [4.69, 9.17) is 5.73 Å². The van der Waals surface area contributed by atoms with Crippen molar-refractivity contribution in [2.75, 3.05) is 11.1 Å². The van der Waals surface area contributed by atoms with Crippen LogP contribution >= 0.6 is 11.3 Å². The molecule has 0 fully saturated rings. The Labute approximate surface area is 222 Å². The molecule has 1 aromatic carbocycles. The third kappa shape index (κ3) is 5.26. The molecule has 0 bridgehead atoms. The lowest BCUT2D eigenvalue weighted by molar-refractivity contribution is -0.363. The van der Waals surface area contributed by atoms with E-state index in [0.29, 0.717) is 29.3 Å². The molecule has 2 unspecified atom stereocenters. The summed E-state index contributed by atoms with van der Waals surface area (Å²) >= 11 is 1.62. The van der Waals surface area contributed by atoms with Gasteiger partial charge in [0.2, 0.25) is 12.1 Å². The van der Waals surface area contributed by atoms with Crippen molar-refractivity contribution in [3.05, 3.63) is 89.0 Å². The van der Waals surface area contributed by atoms with Gasteiger partial charge in [-0.25, -0.2) is 18.7 Å². The summed E-state index contributed by atoms with van der Waals surface area (Å²) in [4.78, 5) is 26.7. The topological polar surface area (TPSA) is 107 Å². The Balaban J connectivity index is 1.27. The number of halogens is 2. The van der Waals surface area contributed by atoms with E-state index in [2.05, 4.69) is 25.6 Å². The summed E-state index contributed by atoms with van der Waals surface area (Å²) in [6.07, 6.45) is 5.88. The predicted molar refractivity (Wildman–Crippen MR) is 146 cm³/mol. The van der Waals surface area contributed by atoms with Crippen LogP contribution in [0.3, 0.4) is 0 Å². The number of alkyl halides is 1. The fraction of sp³-hybridized carbons (Fsp3) is 0.214. The average Bonchev–Trinajstić information content (AvgIpc) is 3.38. The third-order valence-corrected chi connectivity index (χ3v) is 7.63. The van der Waals surface area contributed by atoms with E-state index in [1.807, 2.05) is 30.3 Å². The standard InChI is InChI=1S/C28H26F2N6OS/c1-16(17-9-10-28(2,30)24(29)13-17)36-27(37)20-4-3-11-32-26(20)33-14-19-6-8-23(38-19)18-5-7-22-21(12-18)25(31)35-15-34-22/h3-9,11-13,15-16H,10,14H2,1-2H3,(H,32,33)(H,36,37)(H2,31,34,35)/p+1. The molecule has 5 rings (SSSR count). The van der Waals surface area contributed by atoms with Crippen LogP contribution < -0.4 is 21.4 Å². The molecule has 5 N–H and O–H groups in total. The van der Waals surface area contributed by atoms with Gasteiger partial charge in [0.05, 0.1) is 23.5 Å². The van der Waals surface area contributed by atoms with Gasteiger partial charge in [-0.15, -0.1) is 16.3 Å². The maximum absolute atomic E-state index is 14.1. The van der Waals surface area contributed by atoms with Crippen LogP contribution in [-0.2, 0) is 6.54 Å². The van der Waals surface area contributed by atoms with Gasteiger partial charge in [0.25, 0.3) is 5.91 Å². The van der Waals surface area contributed by atoms with Crippen molar-refractivity contribution >= 4 is 39.8 Å². The van der Waals surface area contributed by atoms with Crippen molar-refractivity contribution in [2.45, 2.75) is 38.5 Å². The highest BCUT2D eigenvalue weighted by Crippen LogP contribution is 2.34. The molecule has 0 radical (unpaired) electrons. The molecular weight excluding hydrogens is 506 g/mol. The predicted octanol–water partition coefficient (Wildman–Crippen LogP) is 5.40. The number of nitrogens with zero attached hydrogens (tertiary/aromatic N) is 2. The molecular formula is C28H27F2N6OS+. The van der Waals surface area contributed by atoms with Crippen LogP contribution in [0.5, 0.6) is 0 Å². The third-order valence-electron chi connectivity index (χ3n) is 6.50. The summed E-state index contributed by atoms with van der Waals surface area (Å²) in [6, 6.07) is 12.9. The summed E-state index contributed by atoms with van der Waals surface area (Å²) in [5, 5.41) is 6.97. The zero-order chi connectivity index (χ0) is 26.9. The second kappa shape index (κ2) is 10.3. The van der Waals surface area contributed by atoms with Crippen molar-refractivity contribution in [2.24, 2.45) is 0 Å². The number of hydrogen-bond donors (Lipinski definition) is 3. The zero-order valence-corrected chi connectivity index (χ0v) is 21.7. The van der Waals surface area contributed by atoms with Gasteiger partial charge in [0, 0.05) is 22.4 Å². The van der Waals surface area contributed by atoms with Crippen molar-refractivity contribution in [1.29, 1.82) is 0 Å². The molecule has 2 atom stereocenters. The molecule has 4 aromatic rings. The number of pyridine rings is 1. The number of aromatic amines is 1. The molecule has 0 saturated heterocycles.